The van der Waals surface area contributed by atoms with Crippen LogP contribution in [-0.4, -0.2) is 17.8 Å². The van der Waals surface area contributed by atoms with E-state index in [2.05, 4.69) is 21.2 Å². The number of fused-ring (bicyclic) bond motifs is 1. The molecule has 2 atom stereocenters. The van der Waals surface area contributed by atoms with Crippen molar-refractivity contribution in [2.75, 3.05) is 6.61 Å². The SMILES string of the molecule is C[C@@H](CO)NC1CCc2c(F)cc(Br)cc21. The normalized spacial score (nSPS) is 20.9. The van der Waals surface area contributed by atoms with Gasteiger partial charge in [-0.05, 0) is 43.0 Å². The van der Waals surface area contributed by atoms with Crippen molar-refractivity contribution in [2.24, 2.45) is 0 Å². The average molecular weight is 288 g/mol. The second-order valence-corrected chi connectivity index (χ2v) is 5.21. The Kier molecular flexibility index (Phi) is 3.62. The van der Waals surface area contributed by atoms with Crippen LogP contribution in [-0.2, 0) is 6.42 Å². The molecule has 88 valence electrons. The van der Waals surface area contributed by atoms with Crippen LogP contribution in [0, 0.1) is 5.82 Å². The highest BCUT2D eigenvalue weighted by Gasteiger charge is 2.26. The highest BCUT2D eigenvalue weighted by Crippen LogP contribution is 2.35. The van der Waals surface area contributed by atoms with Gasteiger partial charge in [0.2, 0.25) is 0 Å². The molecule has 1 aromatic carbocycles. The molecule has 16 heavy (non-hydrogen) atoms. The Bertz CT molecular complexity index is 397. The van der Waals surface area contributed by atoms with Crippen LogP contribution in [0.3, 0.4) is 0 Å². The first kappa shape index (κ1) is 12.0. The second-order valence-electron chi connectivity index (χ2n) is 4.30. The number of hydrogen-bond donors (Lipinski definition) is 2. The van der Waals surface area contributed by atoms with Crippen molar-refractivity contribution >= 4 is 15.9 Å². The summed E-state index contributed by atoms with van der Waals surface area (Å²) in [5.41, 5.74) is 1.83. The first-order valence-corrected chi connectivity index (χ1v) is 6.26. The average Bonchev–Trinajstić information content (AvgIpc) is 2.61. The van der Waals surface area contributed by atoms with Crippen LogP contribution in [0.4, 0.5) is 4.39 Å². The molecule has 0 bridgehead atoms. The van der Waals surface area contributed by atoms with Gasteiger partial charge in [0.05, 0.1) is 6.61 Å². The molecule has 0 heterocycles. The summed E-state index contributed by atoms with van der Waals surface area (Å²) < 4.78 is 14.4. The molecule has 0 aliphatic heterocycles. The summed E-state index contributed by atoms with van der Waals surface area (Å²) in [6.45, 7) is 2.02. The third kappa shape index (κ3) is 2.29. The van der Waals surface area contributed by atoms with Gasteiger partial charge < -0.3 is 10.4 Å². The molecule has 2 N–H and O–H groups in total. The zero-order valence-corrected chi connectivity index (χ0v) is 10.7. The monoisotopic (exact) mass is 287 g/mol. The lowest BCUT2D eigenvalue weighted by atomic mass is 10.1. The number of halogens is 2. The van der Waals surface area contributed by atoms with E-state index in [0.717, 1.165) is 28.4 Å². The van der Waals surface area contributed by atoms with Gasteiger partial charge in [-0.3, -0.25) is 0 Å². The van der Waals surface area contributed by atoms with E-state index in [9.17, 15) is 4.39 Å². The summed E-state index contributed by atoms with van der Waals surface area (Å²) in [4.78, 5) is 0. The van der Waals surface area contributed by atoms with E-state index in [1.54, 1.807) is 0 Å². The minimum atomic E-state index is -0.134. The smallest absolute Gasteiger partial charge is 0.127 e. The molecule has 0 aromatic heterocycles. The fourth-order valence-electron chi connectivity index (χ4n) is 2.21. The van der Waals surface area contributed by atoms with Gasteiger partial charge >= 0.3 is 0 Å². The molecule has 2 nitrogen and oxygen atoms in total. The Morgan fingerprint density at radius 2 is 2.38 bits per heavy atom. The minimum Gasteiger partial charge on any atom is -0.395 e. The number of hydrogen-bond acceptors (Lipinski definition) is 2. The zero-order chi connectivity index (χ0) is 11.7. The van der Waals surface area contributed by atoms with Crippen molar-refractivity contribution in [3.05, 3.63) is 33.5 Å². The first-order valence-electron chi connectivity index (χ1n) is 5.46. The van der Waals surface area contributed by atoms with Crippen LogP contribution in [0.1, 0.15) is 30.5 Å². The lowest BCUT2D eigenvalue weighted by Gasteiger charge is -2.18. The van der Waals surface area contributed by atoms with Crippen molar-refractivity contribution in [2.45, 2.75) is 31.8 Å². The molecule has 2 rings (SSSR count). The third-order valence-corrected chi connectivity index (χ3v) is 3.47. The first-order chi connectivity index (χ1) is 7.61. The van der Waals surface area contributed by atoms with Crippen LogP contribution in [0.5, 0.6) is 0 Å². The van der Waals surface area contributed by atoms with Gasteiger partial charge in [0, 0.05) is 16.6 Å². The minimum absolute atomic E-state index is 0.0398. The largest absolute Gasteiger partial charge is 0.395 e. The van der Waals surface area contributed by atoms with Gasteiger partial charge in [-0.15, -0.1) is 0 Å². The maximum absolute atomic E-state index is 13.6. The maximum atomic E-state index is 13.6. The van der Waals surface area contributed by atoms with Gasteiger partial charge in [0.25, 0.3) is 0 Å². The summed E-state index contributed by atoms with van der Waals surface area (Å²) in [6, 6.07) is 3.67. The molecule has 0 fully saturated rings. The number of aliphatic hydroxyl groups excluding tert-OH is 1. The Labute approximate surface area is 103 Å². The molecule has 0 saturated heterocycles. The van der Waals surface area contributed by atoms with E-state index in [-0.39, 0.29) is 24.5 Å². The Morgan fingerprint density at radius 3 is 3.06 bits per heavy atom. The quantitative estimate of drug-likeness (QED) is 0.896. The third-order valence-electron chi connectivity index (χ3n) is 3.01. The molecule has 1 aliphatic rings. The molecule has 1 aromatic rings. The second kappa shape index (κ2) is 4.82. The van der Waals surface area contributed by atoms with Gasteiger partial charge in [0.15, 0.2) is 0 Å². The van der Waals surface area contributed by atoms with E-state index >= 15 is 0 Å². The Balaban J connectivity index is 2.25. The molecule has 0 saturated carbocycles. The molecular weight excluding hydrogens is 273 g/mol. The maximum Gasteiger partial charge on any atom is 0.127 e. The fraction of sp³-hybridized carbons (Fsp3) is 0.500. The molecule has 0 radical (unpaired) electrons. The van der Waals surface area contributed by atoms with Gasteiger partial charge in [0.1, 0.15) is 5.82 Å². The Hall–Kier alpha value is -0.450. The number of nitrogens with one attached hydrogen (secondary N) is 1. The summed E-state index contributed by atoms with van der Waals surface area (Å²) in [5.74, 6) is -0.134. The predicted molar refractivity (Wildman–Crippen MR) is 64.8 cm³/mol. The summed E-state index contributed by atoms with van der Waals surface area (Å²) >= 11 is 3.31. The molecule has 1 aliphatic carbocycles. The van der Waals surface area contributed by atoms with Crippen molar-refractivity contribution < 1.29 is 9.50 Å². The van der Waals surface area contributed by atoms with Crippen LogP contribution in [0.2, 0.25) is 0 Å². The number of aliphatic hydroxyl groups is 1. The van der Waals surface area contributed by atoms with Gasteiger partial charge in [-0.25, -0.2) is 4.39 Å². The Morgan fingerprint density at radius 1 is 1.62 bits per heavy atom. The summed E-state index contributed by atoms with van der Waals surface area (Å²) in [5, 5.41) is 12.3. The topological polar surface area (TPSA) is 32.3 Å². The van der Waals surface area contributed by atoms with Crippen molar-refractivity contribution in [1.82, 2.24) is 5.32 Å². The standard InChI is InChI=1S/C12H15BrFNO/c1-7(6-16)15-12-3-2-9-10(12)4-8(13)5-11(9)14/h4-5,7,12,15-16H,2-3,6H2,1H3/t7-,12?/m0/s1. The van der Waals surface area contributed by atoms with E-state index < -0.39 is 0 Å². The summed E-state index contributed by atoms with van der Waals surface area (Å²) in [6.07, 6.45) is 1.66. The van der Waals surface area contributed by atoms with Gasteiger partial charge in [-0.1, -0.05) is 15.9 Å². The van der Waals surface area contributed by atoms with E-state index in [0.29, 0.717) is 0 Å². The number of benzene rings is 1. The van der Waals surface area contributed by atoms with Gasteiger partial charge in [-0.2, -0.15) is 0 Å². The fourth-order valence-corrected chi connectivity index (χ4v) is 2.66. The van der Waals surface area contributed by atoms with E-state index in [1.807, 2.05) is 13.0 Å². The lowest BCUT2D eigenvalue weighted by molar-refractivity contribution is 0.240. The molecule has 1 unspecified atom stereocenters. The van der Waals surface area contributed by atoms with Crippen molar-refractivity contribution in [3.63, 3.8) is 0 Å². The molecular formula is C12H15BrFNO. The van der Waals surface area contributed by atoms with Crippen molar-refractivity contribution in [1.29, 1.82) is 0 Å². The molecule has 0 spiro atoms. The molecule has 0 amide bonds. The summed E-state index contributed by atoms with van der Waals surface area (Å²) in [7, 11) is 0. The number of rotatable bonds is 3. The predicted octanol–water partition coefficient (Wildman–Crippen LogP) is 2.55. The van der Waals surface area contributed by atoms with Crippen LogP contribution in [0.25, 0.3) is 0 Å². The van der Waals surface area contributed by atoms with Crippen LogP contribution >= 0.6 is 15.9 Å². The van der Waals surface area contributed by atoms with E-state index in [4.69, 9.17) is 5.11 Å². The van der Waals surface area contributed by atoms with Crippen molar-refractivity contribution in [3.8, 4) is 0 Å². The zero-order valence-electron chi connectivity index (χ0n) is 9.13. The van der Waals surface area contributed by atoms with E-state index in [1.165, 1.54) is 6.07 Å². The highest BCUT2D eigenvalue weighted by atomic mass is 79.9. The lowest BCUT2D eigenvalue weighted by Crippen LogP contribution is -2.32. The molecule has 4 heteroatoms. The van der Waals surface area contributed by atoms with Crippen LogP contribution < -0.4 is 5.32 Å². The highest BCUT2D eigenvalue weighted by molar-refractivity contribution is 9.10. The van der Waals surface area contributed by atoms with Crippen LogP contribution in [0.15, 0.2) is 16.6 Å².